The summed E-state index contributed by atoms with van der Waals surface area (Å²) in [6.07, 6.45) is -5.45. The number of hydrogen-bond acceptors (Lipinski definition) is 6. The summed E-state index contributed by atoms with van der Waals surface area (Å²) in [4.78, 5) is 11.7. The Morgan fingerprint density at radius 1 is 0.946 bits per heavy atom. The molecule has 0 radical (unpaired) electrons. The third-order valence-corrected chi connectivity index (χ3v) is 6.20. The van der Waals surface area contributed by atoms with E-state index in [1.165, 1.54) is 18.5 Å². The Balaban J connectivity index is 0.000000220. The molecular formula is C23H30F6N4O4. The number of carbonyl (C=O) groups excluding carboxylic acids is 1. The van der Waals surface area contributed by atoms with Gasteiger partial charge in [0.1, 0.15) is 5.60 Å². The van der Waals surface area contributed by atoms with Crippen LogP contribution in [0.1, 0.15) is 59.3 Å². The molecule has 0 spiro atoms. The summed E-state index contributed by atoms with van der Waals surface area (Å²) in [5.41, 5.74) is -3.73. The van der Waals surface area contributed by atoms with Gasteiger partial charge < -0.3 is 14.2 Å². The average Bonchev–Trinajstić information content (AvgIpc) is 3.61. The maximum absolute atomic E-state index is 12.8. The summed E-state index contributed by atoms with van der Waals surface area (Å²) in [6, 6.07) is 2.99. The maximum atomic E-state index is 12.8. The third kappa shape index (κ3) is 7.78. The van der Waals surface area contributed by atoms with E-state index in [2.05, 4.69) is 15.3 Å². The highest BCUT2D eigenvalue weighted by Crippen LogP contribution is 2.60. The largest absolute Gasteiger partial charge is 0.478 e. The Morgan fingerprint density at radius 3 is 1.92 bits per heavy atom. The Kier molecular flexibility index (Phi) is 8.08. The summed E-state index contributed by atoms with van der Waals surface area (Å²) >= 11 is 0. The number of aromatic amines is 1. The fourth-order valence-electron chi connectivity index (χ4n) is 3.48. The molecule has 2 aliphatic rings. The van der Waals surface area contributed by atoms with Gasteiger partial charge in [-0.25, -0.2) is 9.89 Å². The number of nitrogens with zero attached hydrogens (tertiary/aromatic N) is 3. The number of ether oxygens (including phenoxy) is 3. The smallest absolute Gasteiger partial charge is 0.435 e. The fraction of sp³-hybridized carbons (Fsp3) is 0.696. The first-order valence-corrected chi connectivity index (χ1v) is 11.7. The second-order valence-corrected chi connectivity index (χ2v) is 10.3. The molecule has 0 aromatic carbocycles. The highest BCUT2D eigenvalue weighted by Gasteiger charge is 2.63. The molecular weight excluding hydrogens is 510 g/mol. The van der Waals surface area contributed by atoms with Crippen molar-refractivity contribution in [3.8, 4) is 11.8 Å². The minimum absolute atomic E-state index is 0.0233. The Bertz CT molecular complexity index is 1020. The van der Waals surface area contributed by atoms with E-state index in [-0.39, 0.29) is 57.6 Å². The van der Waals surface area contributed by atoms with Crippen molar-refractivity contribution in [2.24, 2.45) is 10.8 Å². The number of hydrogen-bond donors (Lipinski definition) is 1. The minimum Gasteiger partial charge on any atom is -0.478 e. The van der Waals surface area contributed by atoms with Crippen LogP contribution in [0.4, 0.5) is 31.1 Å². The summed E-state index contributed by atoms with van der Waals surface area (Å²) in [5, 5.41) is 9.99. The van der Waals surface area contributed by atoms with E-state index >= 15 is 0 Å². The monoisotopic (exact) mass is 540 g/mol. The lowest BCUT2D eigenvalue weighted by atomic mass is 10.0. The van der Waals surface area contributed by atoms with Gasteiger partial charge in [0.2, 0.25) is 11.8 Å². The lowest BCUT2D eigenvalue weighted by Crippen LogP contribution is -2.27. The van der Waals surface area contributed by atoms with Crippen LogP contribution in [0.15, 0.2) is 24.5 Å². The zero-order valence-electron chi connectivity index (χ0n) is 20.7. The highest BCUT2D eigenvalue weighted by atomic mass is 19.4. The first kappa shape index (κ1) is 28.6. The van der Waals surface area contributed by atoms with E-state index in [1.807, 2.05) is 0 Å². The SMILES string of the molecule is CC(C)(C)OC(=O)n1ccc(OCCC2(C(F)(F)F)CC2)n1.FC(F)(F)C1(CCOc2ccn[nH]2)CC1. The van der Waals surface area contributed by atoms with Gasteiger partial charge in [-0.15, -0.1) is 5.10 Å². The quantitative estimate of drug-likeness (QED) is 0.395. The second kappa shape index (κ2) is 10.4. The van der Waals surface area contributed by atoms with Gasteiger partial charge in [-0.1, -0.05) is 0 Å². The molecule has 2 fully saturated rings. The Hall–Kier alpha value is -2.93. The van der Waals surface area contributed by atoms with E-state index in [0.29, 0.717) is 5.88 Å². The first-order valence-electron chi connectivity index (χ1n) is 11.7. The molecule has 0 atom stereocenters. The average molecular weight is 541 g/mol. The molecule has 4 rings (SSSR count). The van der Waals surface area contributed by atoms with E-state index in [1.54, 1.807) is 26.8 Å². The van der Waals surface area contributed by atoms with Crippen LogP contribution < -0.4 is 9.47 Å². The lowest BCUT2D eigenvalue weighted by molar-refractivity contribution is -0.190. The normalized spacial score (nSPS) is 17.9. The molecule has 1 N–H and O–H groups in total. The van der Waals surface area contributed by atoms with Crippen LogP contribution in [0, 0.1) is 10.8 Å². The highest BCUT2D eigenvalue weighted by molar-refractivity contribution is 5.69. The summed E-state index contributed by atoms with van der Waals surface area (Å²) < 4.78 is 92.1. The van der Waals surface area contributed by atoms with Crippen LogP contribution in [0.25, 0.3) is 0 Å². The van der Waals surface area contributed by atoms with Gasteiger partial charge >= 0.3 is 18.4 Å². The third-order valence-electron chi connectivity index (χ3n) is 6.20. The van der Waals surface area contributed by atoms with Crippen LogP contribution >= 0.6 is 0 Å². The van der Waals surface area contributed by atoms with E-state index in [0.717, 1.165) is 4.68 Å². The van der Waals surface area contributed by atoms with Crippen molar-refractivity contribution in [2.75, 3.05) is 13.2 Å². The molecule has 2 aromatic rings. The van der Waals surface area contributed by atoms with Crippen LogP contribution in [0.5, 0.6) is 11.8 Å². The van der Waals surface area contributed by atoms with Crippen LogP contribution in [0.3, 0.4) is 0 Å². The predicted molar refractivity (Wildman–Crippen MR) is 118 cm³/mol. The minimum atomic E-state index is -4.19. The van der Waals surface area contributed by atoms with Crippen molar-refractivity contribution in [3.63, 3.8) is 0 Å². The molecule has 0 unspecified atom stereocenters. The number of nitrogens with one attached hydrogen (secondary N) is 1. The first-order chi connectivity index (χ1) is 17.1. The molecule has 0 aliphatic heterocycles. The van der Waals surface area contributed by atoms with Gasteiger partial charge in [0.25, 0.3) is 0 Å². The zero-order valence-corrected chi connectivity index (χ0v) is 20.7. The van der Waals surface area contributed by atoms with Gasteiger partial charge in [-0.2, -0.15) is 36.1 Å². The van der Waals surface area contributed by atoms with Crippen molar-refractivity contribution >= 4 is 6.09 Å². The van der Waals surface area contributed by atoms with Crippen molar-refractivity contribution in [3.05, 3.63) is 24.5 Å². The molecule has 0 bridgehead atoms. The number of halogens is 6. The van der Waals surface area contributed by atoms with Gasteiger partial charge in [0.05, 0.1) is 30.2 Å². The van der Waals surface area contributed by atoms with E-state index in [9.17, 15) is 31.1 Å². The zero-order chi connectivity index (χ0) is 27.5. The number of rotatable bonds is 8. The van der Waals surface area contributed by atoms with Crippen LogP contribution in [0.2, 0.25) is 0 Å². The molecule has 2 aliphatic carbocycles. The molecule has 8 nitrogen and oxygen atoms in total. The number of H-pyrrole nitrogens is 1. The Labute approximate surface area is 209 Å². The summed E-state index contributed by atoms with van der Waals surface area (Å²) in [6.45, 7) is 5.14. The predicted octanol–water partition coefficient (Wildman–Crippen LogP) is 6.30. The molecule has 0 amide bonds. The summed E-state index contributed by atoms with van der Waals surface area (Å²) in [7, 11) is 0. The second-order valence-electron chi connectivity index (χ2n) is 10.3. The lowest BCUT2D eigenvalue weighted by Gasteiger charge is -2.19. The summed E-state index contributed by atoms with van der Waals surface area (Å²) in [5.74, 6) is 0.511. The fourth-order valence-corrected chi connectivity index (χ4v) is 3.48. The molecule has 208 valence electrons. The van der Waals surface area contributed by atoms with Crippen molar-refractivity contribution in [2.45, 2.75) is 77.2 Å². The number of alkyl halides is 6. The van der Waals surface area contributed by atoms with Gasteiger partial charge in [0.15, 0.2) is 0 Å². The topological polar surface area (TPSA) is 91.3 Å². The van der Waals surface area contributed by atoms with Crippen molar-refractivity contribution < 1.29 is 45.3 Å². The molecule has 2 heterocycles. The van der Waals surface area contributed by atoms with Crippen molar-refractivity contribution in [1.29, 1.82) is 0 Å². The van der Waals surface area contributed by atoms with E-state index in [4.69, 9.17) is 14.2 Å². The molecule has 0 saturated heterocycles. The molecule has 37 heavy (non-hydrogen) atoms. The van der Waals surface area contributed by atoms with Crippen LogP contribution in [-0.4, -0.2) is 57.2 Å². The van der Waals surface area contributed by atoms with Gasteiger partial charge in [0, 0.05) is 18.3 Å². The van der Waals surface area contributed by atoms with Gasteiger partial charge in [-0.3, -0.25) is 0 Å². The maximum Gasteiger partial charge on any atom is 0.435 e. The molecule has 2 saturated carbocycles. The van der Waals surface area contributed by atoms with Gasteiger partial charge in [-0.05, 0) is 59.3 Å². The number of aromatic nitrogens is 4. The Morgan fingerprint density at radius 2 is 1.49 bits per heavy atom. The van der Waals surface area contributed by atoms with Crippen LogP contribution in [-0.2, 0) is 4.74 Å². The molecule has 2 aromatic heterocycles. The van der Waals surface area contributed by atoms with Crippen molar-refractivity contribution in [1.82, 2.24) is 20.0 Å². The molecule has 14 heteroatoms. The number of carbonyl (C=O) groups is 1. The standard InChI is InChI=1S/C14H19F3N2O3.C9H11F3N2O/c1-12(2,3)22-11(20)19-8-4-10(18-19)21-9-7-13(5-6-13)14(15,16)17;10-9(11,12)8(2-3-8)4-6-15-7-1-5-13-14-7/h4,8H,5-7,9H2,1-3H3;1,5H,2-4,6H2,(H,13,14). The van der Waals surface area contributed by atoms with E-state index < -0.39 is 34.9 Å².